The Morgan fingerprint density at radius 3 is 2.62 bits per heavy atom. The Balaban J connectivity index is 2.05. The molecule has 0 radical (unpaired) electrons. The van der Waals surface area contributed by atoms with E-state index in [1.807, 2.05) is 13.8 Å². The Morgan fingerprint density at radius 2 is 2.04 bits per heavy atom. The maximum atomic E-state index is 12.7. The Bertz CT molecular complexity index is 778. The van der Waals surface area contributed by atoms with Crippen LogP contribution in [0.5, 0.6) is 0 Å². The fourth-order valence-electron chi connectivity index (χ4n) is 2.78. The van der Waals surface area contributed by atoms with Gasteiger partial charge in [0.2, 0.25) is 15.9 Å². The molecule has 1 aliphatic heterocycles. The number of nitrogens with zero attached hydrogens (tertiary/aromatic N) is 1. The molecule has 1 fully saturated rings. The van der Waals surface area contributed by atoms with Crippen LogP contribution in [0.25, 0.3) is 0 Å². The van der Waals surface area contributed by atoms with Gasteiger partial charge in [-0.25, -0.2) is 13.1 Å². The van der Waals surface area contributed by atoms with Gasteiger partial charge in [-0.2, -0.15) is 13.2 Å². The van der Waals surface area contributed by atoms with Crippen LogP contribution in [0, 0.1) is 5.41 Å². The van der Waals surface area contributed by atoms with Gasteiger partial charge >= 0.3 is 6.18 Å². The van der Waals surface area contributed by atoms with Gasteiger partial charge in [0.05, 0.1) is 17.0 Å². The zero-order chi connectivity index (χ0) is 19.8. The van der Waals surface area contributed by atoms with E-state index in [9.17, 15) is 26.4 Å². The van der Waals surface area contributed by atoms with Gasteiger partial charge in [-0.3, -0.25) is 4.79 Å². The zero-order valence-electron chi connectivity index (χ0n) is 14.5. The van der Waals surface area contributed by atoms with Gasteiger partial charge in [-0.1, -0.05) is 19.9 Å². The Labute approximate surface area is 150 Å². The molecule has 0 saturated carbocycles. The van der Waals surface area contributed by atoms with E-state index in [0.717, 1.165) is 18.2 Å². The van der Waals surface area contributed by atoms with Crippen molar-refractivity contribution in [2.75, 3.05) is 19.6 Å². The van der Waals surface area contributed by atoms with E-state index in [-0.39, 0.29) is 11.5 Å². The highest BCUT2D eigenvalue weighted by molar-refractivity contribution is 7.89. The highest BCUT2D eigenvalue weighted by atomic mass is 32.2. The lowest BCUT2D eigenvalue weighted by molar-refractivity contribution is -0.137. The number of amides is 1. The second-order valence-corrected chi connectivity index (χ2v) is 8.82. The molecule has 6 nitrogen and oxygen atoms in total. The van der Waals surface area contributed by atoms with Crippen molar-refractivity contribution >= 4 is 15.9 Å². The largest absolute Gasteiger partial charge is 0.416 e. The quantitative estimate of drug-likeness (QED) is 0.812. The molecule has 146 valence electrons. The third-order valence-electron chi connectivity index (χ3n) is 4.55. The molecule has 10 heteroatoms. The molecule has 0 spiro atoms. The summed E-state index contributed by atoms with van der Waals surface area (Å²) in [6, 6.07) is 3.31. The molecular formula is C16H22F3N3O3S. The van der Waals surface area contributed by atoms with E-state index < -0.39 is 39.1 Å². The van der Waals surface area contributed by atoms with Crippen LogP contribution >= 0.6 is 0 Å². The number of likely N-dealkylation sites (tertiary alicyclic amines) is 1. The number of piperidine rings is 1. The molecule has 0 aromatic heterocycles. The van der Waals surface area contributed by atoms with Crippen molar-refractivity contribution in [2.24, 2.45) is 11.1 Å². The molecule has 0 bridgehead atoms. The lowest BCUT2D eigenvalue weighted by Gasteiger charge is -2.42. The summed E-state index contributed by atoms with van der Waals surface area (Å²) in [5, 5.41) is 0. The molecule has 1 atom stereocenters. The van der Waals surface area contributed by atoms with Gasteiger partial charge in [-0.05, 0) is 30.0 Å². The average molecular weight is 393 g/mol. The number of carbonyl (C=O) groups is 1. The van der Waals surface area contributed by atoms with Crippen LogP contribution in [-0.4, -0.2) is 44.9 Å². The number of halogens is 3. The molecule has 1 aliphatic rings. The number of carbonyl (C=O) groups excluding carboxylic acids is 1. The second kappa shape index (κ2) is 7.16. The summed E-state index contributed by atoms with van der Waals surface area (Å²) in [4.78, 5) is 13.2. The highest BCUT2D eigenvalue weighted by Gasteiger charge is 2.36. The van der Waals surface area contributed by atoms with Crippen molar-refractivity contribution in [2.45, 2.75) is 37.4 Å². The Morgan fingerprint density at radius 1 is 1.38 bits per heavy atom. The SMILES string of the molecule is CC1(C)CN(C(=O)CNS(=O)(=O)c2cccc(C(F)(F)F)c2)CCC1N. The molecule has 1 unspecified atom stereocenters. The van der Waals surface area contributed by atoms with Crippen LogP contribution in [0.4, 0.5) is 13.2 Å². The molecule has 1 saturated heterocycles. The van der Waals surface area contributed by atoms with E-state index in [1.54, 1.807) is 0 Å². The monoisotopic (exact) mass is 393 g/mol. The van der Waals surface area contributed by atoms with E-state index in [2.05, 4.69) is 4.72 Å². The molecule has 3 N–H and O–H groups in total. The summed E-state index contributed by atoms with van der Waals surface area (Å²) in [7, 11) is -4.24. The topological polar surface area (TPSA) is 92.5 Å². The summed E-state index contributed by atoms with van der Waals surface area (Å²) < 4.78 is 64.7. The standard InChI is InChI=1S/C16H22F3N3O3S/c1-15(2)10-22(7-6-13(15)20)14(23)9-21-26(24,25)12-5-3-4-11(8-12)16(17,18)19/h3-5,8,13,21H,6-7,9-10,20H2,1-2H3. The maximum Gasteiger partial charge on any atom is 0.416 e. The molecule has 1 aromatic carbocycles. The number of nitrogens with two attached hydrogens (primary N) is 1. The van der Waals surface area contributed by atoms with Gasteiger partial charge < -0.3 is 10.6 Å². The first kappa shape index (κ1) is 20.7. The minimum atomic E-state index is -4.65. The third kappa shape index (κ3) is 4.74. The molecule has 26 heavy (non-hydrogen) atoms. The van der Waals surface area contributed by atoms with Crippen molar-refractivity contribution in [3.05, 3.63) is 29.8 Å². The normalized spacial score (nSPS) is 20.8. The van der Waals surface area contributed by atoms with Crippen LogP contribution in [0.15, 0.2) is 29.2 Å². The van der Waals surface area contributed by atoms with Crippen LogP contribution < -0.4 is 10.5 Å². The molecule has 1 amide bonds. The van der Waals surface area contributed by atoms with Gasteiger partial charge in [0, 0.05) is 19.1 Å². The van der Waals surface area contributed by atoms with Crippen molar-refractivity contribution in [3.8, 4) is 0 Å². The van der Waals surface area contributed by atoms with E-state index in [4.69, 9.17) is 5.73 Å². The predicted octanol–water partition coefficient (Wildman–Crippen LogP) is 1.57. The van der Waals surface area contributed by atoms with Crippen molar-refractivity contribution < 1.29 is 26.4 Å². The van der Waals surface area contributed by atoms with E-state index in [0.29, 0.717) is 25.6 Å². The summed E-state index contributed by atoms with van der Waals surface area (Å²) >= 11 is 0. The van der Waals surface area contributed by atoms with Crippen LogP contribution in [0.3, 0.4) is 0 Å². The number of rotatable bonds is 4. The fourth-order valence-corrected chi connectivity index (χ4v) is 3.80. The molecule has 1 heterocycles. The molecule has 2 rings (SSSR count). The van der Waals surface area contributed by atoms with Gasteiger partial charge in [0.15, 0.2) is 0 Å². The highest BCUT2D eigenvalue weighted by Crippen LogP contribution is 2.30. The number of benzene rings is 1. The number of hydrogen-bond acceptors (Lipinski definition) is 4. The third-order valence-corrected chi connectivity index (χ3v) is 5.95. The Kier molecular flexibility index (Phi) is 5.69. The lowest BCUT2D eigenvalue weighted by atomic mass is 9.80. The predicted molar refractivity (Wildman–Crippen MR) is 89.6 cm³/mol. The van der Waals surface area contributed by atoms with E-state index >= 15 is 0 Å². The number of hydrogen-bond donors (Lipinski definition) is 2. The van der Waals surface area contributed by atoms with Crippen molar-refractivity contribution in [1.29, 1.82) is 0 Å². The average Bonchev–Trinajstić information content (AvgIpc) is 2.54. The maximum absolute atomic E-state index is 12.7. The van der Waals surface area contributed by atoms with Crippen molar-refractivity contribution in [1.82, 2.24) is 9.62 Å². The van der Waals surface area contributed by atoms with Gasteiger partial charge in [-0.15, -0.1) is 0 Å². The summed E-state index contributed by atoms with van der Waals surface area (Å²) in [6.07, 6.45) is -4.06. The lowest BCUT2D eigenvalue weighted by Crippen LogP contribution is -2.55. The smallest absolute Gasteiger partial charge is 0.341 e. The minimum absolute atomic E-state index is 0.0617. The van der Waals surface area contributed by atoms with Crippen molar-refractivity contribution in [3.63, 3.8) is 0 Å². The summed E-state index contributed by atoms with van der Waals surface area (Å²) in [5.41, 5.74) is 4.63. The number of nitrogens with one attached hydrogen (secondary N) is 1. The zero-order valence-corrected chi connectivity index (χ0v) is 15.3. The van der Waals surface area contributed by atoms with Crippen LogP contribution in [0.2, 0.25) is 0 Å². The molecule has 1 aromatic rings. The molecule has 0 aliphatic carbocycles. The van der Waals surface area contributed by atoms with Gasteiger partial charge in [0.1, 0.15) is 0 Å². The summed E-state index contributed by atoms with van der Waals surface area (Å²) in [6.45, 7) is 4.12. The first-order valence-electron chi connectivity index (χ1n) is 8.03. The fraction of sp³-hybridized carbons (Fsp3) is 0.562. The number of alkyl halides is 3. The van der Waals surface area contributed by atoms with Gasteiger partial charge in [0.25, 0.3) is 0 Å². The van der Waals surface area contributed by atoms with Crippen LogP contribution in [-0.2, 0) is 21.0 Å². The first-order valence-corrected chi connectivity index (χ1v) is 9.51. The Hall–Kier alpha value is -1.65. The molecular weight excluding hydrogens is 371 g/mol. The minimum Gasteiger partial charge on any atom is -0.341 e. The number of sulfonamides is 1. The second-order valence-electron chi connectivity index (χ2n) is 7.05. The first-order chi connectivity index (χ1) is 11.8. The van der Waals surface area contributed by atoms with Crippen LogP contribution in [0.1, 0.15) is 25.8 Å². The summed E-state index contributed by atoms with van der Waals surface area (Å²) in [5.74, 6) is -0.444. The van der Waals surface area contributed by atoms with E-state index in [1.165, 1.54) is 4.90 Å².